The maximum atomic E-state index is 18.8. The first-order valence-corrected chi connectivity index (χ1v) is 19.8. The molecule has 0 unspecified atom stereocenters. The highest BCUT2D eigenvalue weighted by Gasteiger charge is 2.38. The van der Waals surface area contributed by atoms with Crippen molar-refractivity contribution >= 4 is 104 Å². The van der Waals surface area contributed by atoms with Crippen LogP contribution in [-0.2, 0) is 18.2 Å². The topological polar surface area (TPSA) is 51.9 Å². The molecule has 0 aliphatic heterocycles. The largest absolute Gasteiger partial charge is 0.455 e. The summed E-state index contributed by atoms with van der Waals surface area (Å²) < 4.78 is 119. The number of carbonyl (C=O) groups excluding carboxylic acids is 1. The summed E-state index contributed by atoms with van der Waals surface area (Å²) in [4.78, 5) is 18.6. The van der Waals surface area contributed by atoms with Crippen LogP contribution in [0.2, 0.25) is 0 Å². The van der Waals surface area contributed by atoms with Gasteiger partial charge in [-0.25, -0.2) is 8.78 Å². The summed E-state index contributed by atoms with van der Waals surface area (Å²) in [6.45, 7) is 5.85. The molecule has 1 saturated carbocycles. The van der Waals surface area contributed by atoms with Gasteiger partial charge in [-0.3, -0.25) is 9.78 Å². The molecule has 5 aromatic carbocycles. The Hall–Kier alpha value is -5.82. The van der Waals surface area contributed by atoms with E-state index in [0.717, 1.165) is 52.8 Å². The van der Waals surface area contributed by atoms with Crippen LogP contribution < -0.4 is 0 Å². The quantitative estimate of drug-likeness (QED) is 0.155. The first-order chi connectivity index (χ1) is 30.7. The van der Waals surface area contributed by atoms with E-state index >= 15 is 8.78 Å². The van der Waals surface area contributed by atoms with E-state index in [1.807, 2.05) is 57.2 Å². The molecular weight excluding hydrogens is 713 g/mol. The van der Waals surface area contributed by atoms with E-state index < -0.39 is 53.8 Å². The summed E-state index contributed by atoms with van der Waals surface area (Å²) in [6.07, 6.45) is -8.23. The second-order valence-electron chi connectivity index (χ2n) is 17.7. The summed E-state index contributed by atoms with van der Waals surface area (Å²) in [7, 11) is 0. The molecule has 4 aliphatic rings. The predicted octanol–water partition coefficient (Wildman–Crippen LogP) is 13.2. The molecule has 57 heavy (non-hydrogen) atoms. The third kappa shape index (κ3) is 3.55. The predicted molar refractivity (Wildman–Crippen MR) is 225 cm³/mol. The number of aromatic nitrogens is 3. The molecule has 0 N–H and O–H groups in total. The van der Waals surface area contributed by atoms with E-state index in [0.29, 0.717) is 55.0 Å². The highest BCUT2D eigenvalue weighted by Crippen LogP contribution is 2.53. The van der Waals surface area contributed by atoms with Gasteiger partial charge in [-0.15, -0.1) is 0 Å². The van der Waals surface area contributed by atoms with Crippen LogP contribution in [0.5, 0.6) is 0 Å². The van der Waals surface area contributed by atoms with E-state index in [9.17, 15) is 7.54 Å². The Morgan fingerprint density at radius 1 is 0.719 bits per heavy atom. The van der Waals surface area contributed by atoms with E-state index in [-0.39, 0.29) is 50.3 Å². The highest BCUT2D eigenvalue weighted by atomic mass is 19.1. The first-order valence-electron chi connectivity index (χ1n) is 23.8. The van der Waals surface area contributed by atoms with E-state index in [1.54, 1.807) is 16.5 Å². The summed E-state index contributed by atoms with van der Waals surface area (Å²) >= 11 is 0. The normalized spacial score (nSPS) is 24.8. The average Bonchev–Trinajstić information content (AvgIpc) is 4.04. The minimum absolute atomic E-state index is 0.0203. The standard InChI is InChI=1S/C50H37F2N3O2/c1-50(2,3)24-16-32-38-26-9-4-6-10-34(26)53-21-36(38)55-44(32)33(17-24)39-42(51)47-40(43(52)46(39)55)41-45-29(19-31-25-8-5-7-11-37(25)57-49(31)41)28-18-27-22-12-14-23(15-13-22)48(56)30(27)20-35(28)54(45)47/h5,7-8,11,16-23H,4,6,9-10,12-15H2,1-3H3/i4D2,6D2,9D2,10D2. The summed E-state index contributed by atoms with van der Waals surface area (Å²) in [6, 6.07) is 17.2. The molecule has 0 amide bonds. The fourth-order valence-corrected chi connectivity index (χ4v) is 11.3. The number of nitrogens with zero attached hydrogens (tertiary/aromatic N) is 3. The summed E-state index contributed by atoms with van der Waals surface area (Å²) in [5.41, 5.74) is 2.94. The molecule has 15 rings (SSSR count). The highest BCUT2D eigenvalue weighted by molar-refractivity contribution is 6.35. The van der Waals surface area contributed by atoms with Gasteiger partial charge in [0, 0.05) is 71.2 Å². The Labute approximate surface area is 335 Å². The molecule has 278 valence electrons. The third-order valence-electron chi connectivity index (χ3n) is 13.9. The summed E-state index contributed by atoms with van der Waals surface area (Å²) in [5, 5.41) is 4.06. The van der Waals surface area contributed by atoms with Crippen LogP contribution in [0.3, 0.4) is 0 Å². The molecule has 7 heteroatoms. The molecule has 5 nitrogen and oxygen atoms in total. The number of rotatable bonds is 0. The Balaban J connectivity index is 1.24. The van der Waals surface area contributed by atoms with Crippen molar-refractivity contribution in [2.45, 2.75) is 83.3 Å². The molecule has 4 aliphatic carbocycles. The average molecular weight is 758 g/mol. The van der Waals surface area contributed by atoms with Gasteiger partial charge in [0.05, 0.1) is 50.1 Å². The van der Waals surface area contributed by atoms with Crippen LogP contribution in [0.4, 0.5) is 8.78 Å². The molecule has 6 heterocycles. The molecule has 0 atom stereocenters. The SMILES string of the molecule is [2H]C1([2H])c2ncc3c(c2C([2H])([2H])C([2H])([2H])C1([2H])[2H])c1cc(C(C)(C)C)cc2c4c(F)c5c(c(F)c4n3c12)c1c2oc3ccccc3c2cc2c3cc4c(cc3n5c21)C(=O)C1CCC4CC1. The lowest BCUT2D eigenvalue weighted by atomic mass is 9.82. The minimum atomic E-state index is -3.39. The van der Waals surface area contributed by atoms with Crippen molar-refractivity contribution < 1.29 is 29.0 Å². The van der Waals surface area contributed by atoms with E-state index in [2.05, 4.69) is 11.1 Å². The fraction of sp³-hybridized carbons (Fsp3) is 0.280. The Bertz CT molecular complexity index is 4080. The fourth-order valence-electron chi connectivity index (χ4n) is 11.3. The first kappa shape index (κ1) is 24.7. The zero-order valence-electron chi connectivity index (χ0n) is 39.2. The number of hydrogen-bond acceptors (Lipinski definition) is 3. The lowest BCUT2D eigenvalue weighted by molar-refractivity contribution is 0.0898. The van der Waals surface area contributed by atoms with Crippen molar-refractivity contribution in [3.05, 3.63) is 100 Å². The van der Waals surface area contributed by atoms with Crippen LogP contribution in [0.15, 0.2) is 65.2 Å². The number of ketones is 1. The molecular formula is C50H37F2N3O2. The van der Waals surface area contributed by atoms with E-state index in [4.69, 9.17) is 12.6 Å². The smallest absolute Gasteiger partial charge is 0.166 e. The number of benzene rings is 5. The second-order valence-corrected chi connectivity index (χ2v) is 17.7. The number of Topliss-reactive ketones (excluding diaryl/α,β-unsaturated/α-hetero) is 1. The number of pyridine rings is 1. The molecule has 11 aromatic rings. The molecule has 0 saturated heterocycles. The Kier molecular flexibility index (Phi) is 4.34. The number of hydrogen-bond donors (Lipinski definition) is 0. The van der Waals surface area contributed by atoms with Gasteiger partial charge in [-0.1, -0.05) is 39.0 Å². The van der Waals surface area contributed by atoms with Crippen molar-refractivity contribution in [2.75, 3.05) is 0 Å². The van der Waals surface area contributed by atoms with Crippen LogP contribution in [0.25, 0.3) is 98.1 Å². The zero-order valence-corrected chi connectivity index (χ0v) is 31.2. The number of fused-ring (bicyclic) bond motifs is 20. The van der Waals surface area contributed by atoms with Crippen LogP contribution >= 0.6 is 0 Å². The monoisotopic (exact) mass is 757 g/mol. The van der Waals surface area contributed by atoms with Crippen molar-refractivity contribution in [1.82, 2.24) is 13.8 Å². The van der Waals surface area contributed by atoms with Crippen molar-refractivity contribution in [3.63, 3.8) is 0 Å². The Morgan fingerprint density at radius 2 is 1.44 bits per heavy atom. The number of carbonyl (C=O) groups is 1. The number of furan rings is 1. The van der Waals surface area contributed by atoms with Gasteiger partial charge in [-0.05, 0) is 116 Å². The minimum Gasteiger partial charge on any atom is -0.455 e. The molecule has 0 spiro atoms. The van der Waals surface area contributed by atoms with Gasteiger partial charge in [-0.2, -0.15) is 0 Å². The van der Waals surface area contributed by atoms with Crippen molar-refractivity contribution in [1.29, 1.82) is 0 Å². The van der Waals surface area contributed by atoms with Crippen LogP contribution in [0, 0.1) is 17.6 Å². The molecule has 1 fully saturated rings. The maximum absolute atomic E-state index is 18.8. The number of halogens is 2. The van der Waals surface area contributed by atoms with Gasteiger partial charge in [0.15, 0.2) is 17.4 Å². The lowest BCUT2D eigenvalue weighted by Gasteiger charge is -2.22. The van der Waals surface area contributed by atoms with E-state index in [1.165, 1.54) is 10.6 Å². The van der Waals surface area contributed by atoms with Gasteiger partial charge in [0.1, 0.15) is 11.2 Å². The lowest BCUT2D eigenvalue weighted by Crippen LogP contribution is -2.15. The molecule has 6 aromatic heterocycles. The van der Waals surface area contributed by atoms with Crippen LogP contribution in [-0.4, -0.2) is 19.6 Å². The summed E-state index contributed by atoms with van der Waals surface area (Å²) in [5.74, 6) is -1.29. The zero-order chi connectivity index (χ0) is 45.1. The van der Waals surface area contributed by atoms with Gasteiger partial charge < -0.3 is 13.2 Å². The number of aryl methyl sites for hydroxylation is 2. The Morgan fingerprint density at radius 3 is 2.26 bits per heavy atom. The van der Waals surface area contributed by atoms with Gasteiger partial charge >= 0.3 is 0 Å². The van der Waals surface area contributed by atoms with Crippen molar-refractivity contribution in [3.8, 4) is 0 Å². The third-order valence-corrected chi connectivity index (χ3v) is 13.9. The molecule has 2 bridgehead atoms. The van der Waals surface area contributed by atoms with Gasteiger partial charge in [0.25, 0.3) is 0 Å². The van der Waals surface area contributed by atoms with Gasteiger partial charge in [0.2, 0.25) is 0 Å². The van der Waals surface area contributed by atoms with Crippen LogP contribution in [0.1, 0.15) is 109 Å². The molecule has 0 radical (unpaired) electrons. The second kappa shape index (κ2) is 10.00. The maximum Gasteiger partial charge on any atom is 0.166 e. The van der Waals surface area contributed by atoms with Crippen molar-refractivity contribution in [2.24, 2.45) is 5.92 Å². The number of para-hydroxylation sites is 1.